The van der Waals surface area contributed by atoms with E-state index in [4.69, 9.17) is 9.47 Å². The molecule has 0 fully saturated rings. The molecule has 0 aromatic heterocycles. The van der Waals surface area contributed by atoms with E-state index in [1.54, 1.807) is 19.1 Å². The molecule has 18 heavy (non-hydrogen) atoms. The maximum absolute atomic E-state index is 14.0. The zero-order valence-electron chi connectivity index (χ0n) is 11.0. The van der Waals surface area contributed by atoms with Crippen LogP contribution >= 0.6 is 0 Å². The highest BCUT2D eigenvalue weighted by Gasteiger charge is 2.25. The Morgan fingerprint density at radius 2 is 2.00 bits per heavy atom. The Labute approximate surface area is 107 Å². The van der Waals surface area contributed by atoms with E-state index in [1.165, 1.54) is 13.8 Å². The van der Waals surface area contributed by atoms with Crippen LogP contribution in [0.5, 0.6) is 11.5 Å². The number of ether oxygens (including phenoxy) is 2. The molecule has 0 saturated heterocycles. The normalized spacial score (nSPS) is 16.5. The standard InChI is InChI=1S/C14H19FO3/c1-9(16)6-10-7-11(14(2,3)15)8-12-13(10)18-5-4-17-12/h7-9,16H,4-6H2,1-3H3. The summed E-state index contributed by atoms with van der Waals surface area (Å²) in [5.74, 6) is 1.20. The van der Waals surface area contributed by atoms with Gasteiger partial charge < -0.3 is 14.6 Å². The molecule has 3 nitrogen and oxygen atoms in total. The first-order chi connectivity index (χ1) is 8.38. The number of rotatable bonds is 3. The first-order valence-corrected chi connectivity index (χ1v) is 6.18. The fourth-order valence-electron chi connectivity index (χ4n) is 2.04. The number of aliphatic hydroxyl groups is 1. The molecule has 0 radical (unpaired) electrons. The van der Waals surface area contributed by atoms with Gasteiger partial charge in [0.25, 0.3) is 0 Å². The van der Waals surface area contributed by atoms with Crippen LogP contribution in [-0.2, 0) is 12.1 Å². The Bertz CT molecular complexity index is 435. The number of hydrogen-bond acceptors (Lipinski definition) is 3. The molecular formula is C14H19FO3. The van der Waals surface area contributed by atoms with Crippen LogP contribution in [0.25, 0.3) is 0 Å². The van der Waals surface area contributed by atoms with Gasteiger partial charge in [-0.15, -0.1) is 0 Å². The Morgan fingerprint density at radius 1 is 1.33 bits per heavy atom. The van der Waals surface area contributed by atoms with Crippen LogP contribution in [0.4, 0.5) is 4.39 Å². The van der Waals surface area contributed by atoms with E-state index in [0.717, 1.165) is 5.56 Å². The van der Waals surface area contributed by atoms with E-state index in [0.29, 0.717) is 36.7 Å². The summed E-state index contributed by atoms with van der Waals surface area (Å²) in [6.45, 7) is 5.66. The van der Waals surface area contributed by atoms with Crippen molar-refractivity contribution in [2.24, 2.45) is 0 Å². The number of benzene rings is 1. The Morgan fingerprint density at radius 3 is 2.61 bits per heavy atom. The molecule has 1 aliphatic heterocycles. The molecule has 0 bridgehead atoms. The number of halogens is 1. The van der Waals surface area contributed by atoms with Crippen molar-refractivity contribution in [1.29, 1.82) is 0 Å². The monoisotopic (exact) mass is 254 g/mol. The SMILES string of the molecule is CC(O)Cc1cc(C(C)(C)F)cc2c1OCCO2. The van der Waals surface area contributed by atoms with Crippen molar-refractivity contribution >= 4 is 0 Å². The highest BCUT2D eigenvalue weighted by molar-refractivity contribution is 5.51. The van der Waals surface area contributed by atoms with Gasteiger partial charge in [-0.3, -0.25) is 0 Å². The third-order valence-electron chi connectivity index (χ3n) is 2.92. The molecular weight excluding hydrogens is 235 g/mol. The zero-order chi connectivity index (χ0) is 13.3. The van der Waals surface area contributed by atoms with Gasteiger partial charge in [0.05, 0.1) is 6.10 Å². The van der Waals surface area contributed by atoms with Crippen molar-refractivity contribution in [2.75, 3.05) is 13.2 Å². The van der Waals surface area contributed by atoms with Crippen molar-refractivity contribution < 1.29 is 19.0 Å². The van der Waals surface area contributed by atoms with E-state index >= 15 is 0 Å². The molecule has 1 aromatic rings. The van der Waals surface area contributed by atoms with Crippen LogP contribution < -0.4 is 9.47 Å². The summed E-state index contributed by atoms with van der Waals surface area (Å²) in [7, 11) is 0. The van der Waals surface area contributed by atoms with Crippen LogP contribution in [0.1, 0.15) is 31.9 Å². The average molecular weight is 254 g/mol. The topological polar surface area (TPSA) is 38.7 Å². The second-order valence-electron chi connectivity index (χ2n) is 5.19. The molecule has 0 aliphatic carbocycles. The van der Waals surface area contributed by atoms with Crippen LogP contribution in [0, 0.1) is 0 Å². The van der Waals surface area contributed by atoms with E-state index in [-0.39, 0.29) is 0 Å². The van der Waals surface area contributed by atoms with Crippen LogP contribution in [-0.4, -0.2) is 24.4 Å². The minimum absolute atomic E-state index is 0.426. The van der Waals surface area contributed by atoms with Crippen molar-refractivity contribution in [3.05, 3.63) is 23.3 Å². The summed E-state index contributed by atoms with van der Waals surface area (Å²) in [5, 5.41) is 9.51. The third kappa shape index (κ3) is 2.75. The minimum Gasteiger partial charge on any atom is -0.486 e. The highest BCUT2D eigenvalue weighted by Crippen LogP contribution is 2.39. The summed E-state index contributed by atoms with van der Waals surface area (Å²) in [5.41, 5.74) is -0.103. The lowest BCUT2D eigenvalue weighted by molar-refractivity contribution is 0.161. The summed E-state index contributed by atoms with van der Waals surface area (Å²) in [4.78, 5) is 0. The number of alkyl halides is 1. The second kappa shape index (κ2) is 4.76. The van der Waals surface area contributed by atoms with Crippen LogP contribution in [0.2, 0.25) is 0 Å². The second-order valence-corrected chi connectivity index (χ2v) is 5.19. The molecule has 2 rings (SSSR count). The van der Waals surface area contributed by atoms with Gasteiger partial charge >= 0.3 is 0 Å². The summed E-state index contributed by atoms with van der Waals surface area (Å²) >= 11 is 0. The quantitative estimate of drug-likeness (QED) is 0.901. The first kappa shape index (κ1) is 13.1. The largest absolute Gasteiger partial charge is 0.486 e. The predicted molar refractivity (Wildman–Crippen MR) is 67.0 cm³/mol. The van der Waals surface area contributed by atoms with E-state index in [9.17, 15) is 9.50 Å². The Balaban J connectivity index is 2.48. The van der Waals surface area contributed by atoms with Gasteiger partial charge in [0, 0.05) is 12.0 Å². The molecule has 0 spiro atoms. The van der Waals surface area contributed by atoms with Crippen LogP contribution in [0.15, 0.2) is 12.1 Å². The zero-order valence-corrected chi connectivity index (χ0v) is 11.0. The molecule has 0 amide bonds. The lowest BCUT2D eigenvalue weighted by Gasteiger charge is -2.25. The Hall–Kier alpha value is -1.29. The molecule has 100 valence electrons. The van der Waals surface area contributed by atoms with E-state index < -0.39 is 11.8 Å². The van der Waals surface area contributed by atoms with Crippen molar-refractivity contribution in [3.8, 4) is 11.5 Å². The molecule has 1 heterocycles. The predicted octanol–water partition coefficient (Wildman–Crippen LogP) is 2.59. The minimum atomic E-state index is -1.44. The van der Waals surface area contributed by atoms with Gasteiger partial charge in [0.1, 0.15) is 18.9 Å². The number of hydrogen-bond donors (Lipinski definition) is 1. The van der Waals surface area contributed by atoms with Crippen molar-refractivity contribution in [1.82, 2.24) is 0 Å². The van der Waals surface area contributed by atoms with Crippen molar-refractivity contribution in [3.63, 3.8) is 0 Å². The third-order valence-corrected chi connectivity index (χ3v) is 2.92. The smallest absolute Gasteiger partial charge is 0.164 e. The van der Waals surface area contributed by atoms with E-state index in [1.807, 2.05) is 0 Å². The molecule has 1 aliphatic rings. The van der Waals surface area contributed by atoms with Gasteiger partial charge in [0.2, 0.25) is 0 Å². The molecule has 1 atom stereocenters. The average Bonchev–Trinajstić information content (AvgIpc) is 2.27. The maximum Gasteiger partial charge on any atom is 0.164 e. The molecule has 4 heteroatoms. The fraction of sp³-hybridized carbons (Fsp3) is 0.571. The van der Waals surface area contributed by atoms with Gasteiger partial charge in [-0.25, -0.2) is 4.39 Å². The van der Waals surface area contributed by atoms with Gasteiger partial charge in [0.15, 0.2) is 11.5 Å². The molecule has 1 unspecified atom stereocenters. The van der Waals surface area contributed by atoms with Crippen LogP contribution in [0.3, 0.4) is 0 Å². The van der Waals surface area contributed by atoms with Gasteiger partial charge in [-0.05, 0) is 38.5 Å². The summed E-state index contributed by atoms with van der Waals surface area (Å²) in [6.07, 6.45) is -0.0760. The molecule has 0 saturated carbocycles. The number of fused-ring (bicyclic) bond motifs is 1. The lowest BCUT2D eigenvalue weighted by atomic mass is 9.95. The van der Waals surface area contributed by atoms with Crippen molar-refractivity contribution in [2.45, 2.75) is 39.0 Å². The first-order valence-electron chi connectivity index (χ1n) is 6.18. The Kier molecular flexibility index (Phi) is 3.48. The molecule has 1 aromatic carbocycles. The van der Waals surface area contributed by atoms with Gasteiger partial charge in [-0.2, -0.15) is 0 Å². The lowest BCUT2D eigenvalue weighted by Crippen LogP contribution is -2.20. The van der Waals surface area contributed by atoms with Gasteiger partial charge in [-0.1, -0.05) is 0 Å². The summed E-state index contributed by atoms with van der Waals surface area (Å²) < 4.78 is 25.1. The summed E-state index contributed by atoms with van der Waals surface area (Å²) in [6, 6.07) is 3.43. The maximum atomic E-state index is 14.0. The number of aliphatic hydroxyl groups excluding tert-OH is 1. The fourth-order valence-corrected chi connectivity index (χ4v) is 2.04. The molecule has 1 N–H and O–H groups in total. The van der Waals surface area contributed by atoms with E-state index in [2.05, 4.69) is 0 Å². The highest BCUT2D eigenvalue weighted by atomic mass is 19.1.